The van der Waals surface area contributed by atoms with Crippen molar-refractivity contribution < 1.29 is 18.7 Å². The zero-order valence-corrected chi connectivity index (χ0v) is 8.65. The molecule has 1 aromatic carbocycles. The molecule has 0 bridgehead atoms. The van der Waals surface area contributed by atoms with Gasteiger partial charge in [0.25, 0.3) is 0 Å². The van der Waals surface area contributed by atoms with Crippen LogP contribution in [0.1, 0.15) is 19.8 Å². The monoisotopic (exact) mass is 212 g/mol. The van der Waals surface area contributed by atoms with Gasteiger partial charge in [-0.2, -0.15) is 0 Å². The molecule has 3 nitrogen and oxygen atoms in total. The van der Waals surface area contributed by atoms with Crippen LogP contribution in [0.2, 0.25) is 0 Å². The summed E-state index contributed by atoms with van der Waals surface area (Å²) >= 11 is 0. The van der Waals surface area contributed by atoms with E-state index in [9.17, 15) is 9.41 Å². The first-order valence-corrected chi connectivity index (χ1v) is 4.94. The van der Waals surface area contributed by atoms with E-state index in [0.29, 0.717) is 12.4 Å². The molecule has 1 rings (SSSR count). The van der Waals surface area contributed by atoms with Gasteiger partial charge in [0.05, 0.1) is 0 Å². The zero-order valence-electron chi connectivity index (χ0n) is 8.65. The Hall–Kier alpha value is -1.07. The van der Waals surface area contributed by atoms with Gasteiger partial charge < -0.3 is 14.3 Å². The van der Waals surface area contributed by atoms with Crippen LogP contribution < -0.4 is 4.65 Å². The van der Waals surface area contributed by atoms with Gasteiger partial charge in [-0.05, 0) is 30.7 Å². The molecule has 0 saturated carbocycles. The Bertz CT molecular complexity index is 279. The van der Waals surface area contributed by atoms with Crippen molar-refractivity contribution in [3.8, 4) is 5.75 Å². The van der Waals surface area contributed by atoms with Crippen LogP contribution in [0.4, 0.5) is 4.39 Å². The smallest absolute Gasteiger partial charge is 0.512 e. The Balaban J connectivity index is 2.31. The molecule has 82 valence electrons. The van der Waals surface area contributed by atoms with Crippen molar-refractivity contribution in [1.29, 1.82) is 0 Å². The van der Waals surface area contributed by atoms with Gasteiger partial charge >= 0.3 is 7.32 Å². The average molecular weight is 212 g/mol. The van der Waals surface area contributed by atoms with Gasteiger partial charge in [0.15, 0.2) is 0 Å². The van der Waals surface area contributed by atoms with Crippen molar-refractivity contribution in [1.82, 2.24) is 0 Å². The largest absolute Gasteiger partial charge is 0.710 e. The molecule has 0 radical (unpaired) electrons. The summed E-state index contributed by atoms with van der Waals surface area (Å²) in [5.74, 6) is 0.0316. The lowest BCUT2D eigenvalue weighted by molar-refractivity contribution is 0.190. The van der Waals surface area contributed by atoms with Crippen molar-refractivity contribution in [3.05, 3.63) is 30.1 Å². The molecule has 1 N–H and O–H groups in total. The van der Waals surface area contributed by atoms with E-state index < -0.39 is 7.32 Å². The van der Waals surface area contributed by atoms with Crippen molar-refractivity contribution in [2.24, 2.45) is 0 Å². The van der Waals surface area contributed by atoms with Crippen LogP contribution in [0.3, 0.4) is 0 Å². The topological polar surface area (TPSA) is 38.7 Å². The lowest BCUT2D eigenvalue weighted by Crippen LogP contribution is -2.26. The second kappa shape index (κ2) is 6.42. The fourth-order valence-electron chi connectivity index (χ4n) is 0.992. The highest BCUT2D eigenvalue weighted by Gasteiger charge is 2.17. The van der Waals surface area contributed by atoms with Crippen LogP contribution in [-0.4, -0.2) is 19.0 Å². The van der Waals surface area contributed by atoms with E-state index >= 15 is 0 Å². The molecule has 0 heterocycles. The highest BCUT2D eigenvalue weighted by atomic mass is 19.1. The van der Waals surface area contributed by atoms with Crippen LogP contribution in [0, 0.1) is 5.82 Å². The van der Waals surface area contributed by atoms with Crippen molar-refractivity contribution >= 4 is 7.32 Å². The lowest BCUT2D eigenvalue weighted by Gasteiger charge is -2.09. The number of hydrogen-bond acceptors (Lipinski definition) is 3. The Morgan fingerprint density at radius 3 is 2.60 bits per heavy atom. The van der Waals surface area contributed by atoms with Crippen LogP contribution in [0.25, 0.3) is 0 Å². The summed E-state index contributed by atoms with van der Waals surface area (Å²) in [5.41, 5.74) is 0. The molecule has 0 unspecified atom stereocenters. The molecule has 0 aromatic heterocycles. The molecule has 0 fully saturated rings. The highest BCUT2D eigenvalue weighted by molar-refractivity contribution is 6.35. The summed E-state index contributed by atoms with van der Waals surface area (Å²) in [5, 5.41) is 9.26. The minimum atomic E-state index is -1.29. The molecule has 0 aliphatic carbocycles. The van der Waals surface area contributed by atoms with Crippen molar-refractivity contribution in [2.45, 2.75) is 19.8 Å². The summed E-state index contributed by atoms with van der Waals surface area (Å²) in [4.78, 5) is 0. The molecule has 5 heteroatoms. The zero-order chi connectivity index (χ0) is 11.1. The summed E-state index contributed by atoms with van der Waals surface area (Å²) in [6.45, 7) is 2.47. The number of rotatable bonds is 6. The van der Waals surface area contributed by atoms with Crippen LogP contribution in [0.15, 0.2) is 24.3 Å². The van der Waals surface area contributed by atoms with Gasteiger partial charge in [-0.15, -0.1) is 0 Å². The van der Waals surface area contributed by atoms with Gasteiger partial charge in [0.1, 0.15) is 11.6 Å². The number of halogens is 1. The number of hydrogen-bond donors (Lipinski definition) is 1. The molecule has 0 atom stereocenters. The summed E-state index contributed by atoms with van der Waals surface area (Å²) < 4.78 is 22.5. The van der Waals surface area contributed by atoms with E-state index in [1.165, 1.54) is 24.3 Å². The third kappa shape index (κ3) is 4.81. The second-order valence-corrected chi connectivity index (χ2v) is 3.10. The molecule has 1 aromatic rings. The van der Waals surface area contributed by atoms with Gasteiger partial charge in [-0.3, -0.25) is 0 Å². The summed E-state index contributed by atoms with van der Waals surface area (Å²) in [7, 11) is -1.29. The third-order valence-electron chi connectivity index (χ3n) is 1.81. The van der Waals surface area contributed by atoms with E-state index in [1.807, 2.05) is 6.92 Å². The predicted octanol–water partition coefficient (Wildman–Crippen LogP) is 2.00. The van der Waals surface area contributed by atoms with Crippen molar-refractivity contribution in [3.63, 3.8) is 0 Å². The first kappa shape index (κ1) is 12.0. The fourth-order valence-corrected chi connectivity index (χ4v) is 0.992. The Labute approximate surface area is 89.0 Å². The molecule has 15 heavy (non-hydrogen) atoms. The van der Waals surface area contributed by atoms with Crippen molar-refractivity contribution in [2.75, 3.05) is 6.61 Å². The highest BCUT2D eigenvalue weighted by Crippen LogP contribution is 2.11. The van der Waals surface area contributed by atoms with E-state index in [0.717, 1.165) is 12.8 Å². The van der Waals surface area contributed by atoms with Gasteiger partial charge in [0, 0.05) is 6.61 Å². The van der Waals surface area contributed by atoms with Crippen LogP contribution in [-0.2, 0) is 4.65 Å². The van der Waals surface area contributed by atoms with E-state index in [1.54, 1.807) is 0 Å². The lowest BCUT2D eigenvalue weighted by atomic mass is 10.2. The SMILES string of the molecule is CCCCOB(O)Oc1ccc(F)cc1. The Morgan fingerprint density at radius 2 is 2.00 bits per heavy atom. The van der Waals surface area contributed by atoms with Gasteiger partial charge in [-0.1, -0.05) is 13.3 Å². The molecular weight excluding hydrogens is 198 g/mol. The Morgan fingerprint density at radius 1 is 1.33 bits per heavy atom. The maximum absolute atomic E-state index is 12.5. The normalized spacial score (nSPS) is 10.1. The molecule has 0 saturated heterocycles. The van der Waals surface area contributed by atoms with E-state index in [-0.39, 0.29) is 5.82 Å². The maximum atomic E-state index is 12.5. The van der Waals surface area contributed by atoms with Crippen LogP contribution in [0.5, 0.6) is 5.75 Å². The van der Waals surface area contributed by atoms with Crippen LogP contribution >= 0.6 is 0 Å². The summed E-state index contributed by atoms with van der Waals surface area (Å²) in [6, 6.07) is 5.38. The minimum Gasteiger partial charge on any atom is -0.512 e. The first-order valence-electron chi connectivity index (χ1n) is 4.94. The molecule has 0 aliphatic rings. The quantitative estimate of drug-likeness (QED) is 0.578. The summed E-state index contributed by atoms with van der Waals surface area (Å²) in [6.07, 6.45) is 1.85. The maximum Gasteiger partial charge on any atom is 0.710 e. The standard InChI is InChI=1S/C10H14BFO3/c1-2-3-8-14-11(13)15-10-6-4-9(12)5-7-10/h4-7,13H,2-3,8H2,1H3. The molecule has 0 aliphatic heterocycles. The van der Waals surface area contributed by atoms with Gasteiger partial charge in [-0.25, -0.2) is 4.39 Å². The number of benzene rings is 1. The fraction of sp³-hybridized carbons (Fsp3) is 0.400. The third-order valence-corrected chi connectivity index (χ3v) is 1.81. The van der Waals surface area contributed by atoms with Gasteiger partial charge in [0.2, 0.25) is 0 Å². The molecular formula is C10H14BFO3. The average Bonchev–Trinajstić information content (AvgIpc) is 2.22. The second-order valence-electron chi connectivity index (χ2n) is 3.10. The first-order chi connectivity index (χ1) is 7.22. The van der Waals surface area contributed by atoms with E-state index in [4.69, 9.17) is 9.31 Å². The predicted molar refractivity (Wildman–Crippen MR) is 55.9 cm³/mol. The number of unbranched alkanes of at least 4 members (excludes halogenated alkanes) is 1. The van der Waals surface area contributed by atoms with E-state index in [2.05, 4.69) is 0 Å². The molecule has 0 amide bonds. The molecule has 0 spiro atoms. The Kier molecular flexibility index (Phi) is 5.14. The minimum absolute atomic E-state index is 0.344.